The molecule has 0 bridgehead atoms. The highest BCUT2D eigenvalue weighted by Crippen LogP contribution is 2.25. The van der Waals surface area contributed by atoms with E-state index in [1.54, 1.807) is 6.07 Å². The Kier molecular flexibility index (Phi) is 3.55. The normalized spacial score (nSPS) is 14.9. The standard InChI is InChI=1S/C17H18N4O/c1-21(2)15-10-8-11(7-9-14(15)18)16-12-5-3-4-6-13(12)17(22)20-19-16/h3-8,10H,9,18H2,1-2H3,(H,20,22). The first kappa shape index (κ1) is 14.1. The SMILES string of the molecule is CN(C)C1=C(N)CC=C(c2n[nH]c(=O)c3ccccc23)C=C1. The van der Waals surface area contributed by atoms with Crippen LogP contribution in [0.25, 0.3) is 16.3 Å². The van der Waals surface area contributed by atoms with Gasteiger partial charge in [-0.05, 0) is 17.7 Å². The van der Waals surface area contributed by atoms with Crippen LogP contribution < -0.4 is 11.3 Å². The van der Waals surface area contributed by atoms with Crippen molar-refractivity contribution in [1.82, 2.24) is 15.1 Å². The van der Waals surface area contributed by atoms with Gasteiger partial charge in [-0.3, -0.25) is 4.79 Å². The number of fused-ring (bicyclic) bond motifs is 1. The first-order chi connectivity index (χ1) is 10.6. The van der Waals surface area contributed by atoms with E-state index in [9.17, 15) is 4.79 Å². The van der Waals surface area contributed by atoms with E-state index in [-0.39, 0.29) is 5.56 Å². The average Bonchev–Trinajstić information content (AvgIpc) is 2.70. The first-order valence-corrected chi connectivity index (χ1v) is 7.10. The fraction of sp³-hybridized carbons (Fsp3) is 0.176. The van der Waals surface area contributed by atoms with Crippen molar-refractivity contribution in [1.29, 1.82) is 0 Å². The van der Waals surface area contributed by atoms with E-state index in [4.69, 9.17) is 5.73 Å². The summed E-state index contributed by atoms with van der Waals surface area (Å²) in [6, 6.07) is 7.47. The van der Waals surface area contributed by atoms with E-state index in [0.29, 0.717) is 11.8 Å². The lowest BCUT2D eigenvalue weighted by Crippen LogP contribution is -2.15. The molecule has 22 heavy (non-hydrogen) atoms. The van der Waals surface area contributed by atoms with Gasteiger partial charge in [0.2, 0.25) is 0 Å². The number of nitrogens with two attached hydrogens (primary N) is 1. The molecular weight excluding hydrogens is 276 g/mol. The summed E-state index contributed by atoms with van der Waals surface area (Å²) in [5.74, 6) is 0. The van der Waals surface area contributed by atoms with Crippen LogP contribution in [0.2, 0.25) is 0 Å². The Hall–Kier alpha value is -2.82. The number of rotatable bonds is 2. The highest BCUT2D eigenvalue weighted by atomic mass is 16.1. The lowest BCUT2D eigenvalue weighted by Gasteiger charge is -2.15. The lowest BCUT2D eigenvalue weighted by atomic mass is 10.0. The third kappa shape index (κ3) is 2.41. The second kappa shape index (κ2) is 5.52. The minimum Gasteiger partial charge on any atom is -0.400 e. The molecule has 0 fully saturated rings. The summed E-state index contributed by atoms with van der Waals surface area (Å²) in [5.41, 5.74) is 9.45. The highest BCUT2D eigenvalue weighted by molar-refractivity contribution is 5.93. The first-order valence-electron chi connectivity index (χ1n) is 7.10. The molecule has 3 rings (SSSR count). The molecule has 5 heteroatoms. The summed E-state index contributed by atoms with van der Waals surface area (Å²) in [5, 5.41) is 8.29. The van der Waals surface area contributed by atoms with Crippen molar-refractivity contribution in [2.45, 2.75) is 6.42 Å². The molecule has 1 aromatic carbocycles. The van der Waals surface area contributed by atoms with Gasteiger partial charge in [-0.2, -0.15) is 5.10 Å². The van der Waals surface area contributed by atoms with E-state index in [0.717, 1.165) is 28.0 Å². The number of H-pyrrole nitrogens is 1. The molecule has 1 heterocycles. The van der Waals surface area contributed by atoms with Gasteiger partial charge in [0.05, 0.1) is 16.8 Å². The average molecular weight is 294 g/mol. The van der Waals surface area contributed by atoms with E-state index in [1.807, 2.05) is 55.4 Å². The van der Waals surface area contributed by atoms with Gasteiger partial charge in [-0.15, -0.1) is 0 Å². The van der Waals surface area contributed by atoms with Crippen molar-refractivity contribution in [2.75, 3.05) is 14.1 Å². The van der Waals surface area contributed by atoms with Crippen LogP contribution in [0.1, 0.15) is 12.1 Å². The van der Waals surface area contributed by atoms with Crippen molar-refractivity contribution < 1.29 is 0 Å². The van der Waals surface area contributed by atoms with Crippen LogP contribution in [0.3, 0.4) is 0 Å². The largest absolute Gasteiger partial charge is 0.400 e. The number of likely N-dealkylation sites (N-methyl/N-ethyl adjacent to an activating group) is 1. The van der Waals surface area contributed by atoms with Crippen molar-refractivity contribution in [3.63, 3.8) is 0 Å². The number of nitrogens with zero attached hydrogens (tertiary/aromatic N) is 2. The fourth-order valence-electron chi connectivity index (χ4n) is 2.61. The van der Waals surface area contributed by atoms with Crippen LogP contribution in [0, 0.1) is 0 Å². The molecule has 0 radical (unpaired) electrons. The monoisotopic (exact) mass is 294 g/mol. The number of hydrogen-bond acceptors (Lipinski definition) is 4. The molecule has 112 valence electrons. The molecule has 2 aromatic rings. The van der Waals surface area contributed by atoms with Crippen molar-refractivity contribution in [3.8, 4) is 0 Å². The molecule has 0 atom stereocenters. The molecule has 1 aliphatic carbocycles. The van der Waals surface area contributed by atoms with Crippen LogP contribution in [-0.2, 0) is 0 Å². The molecule has 3 N–H and O–H groups in total. The van der Waals surface area contributed by atoms with Crippen LogP contribution in [0.15, 0.2) is 58.7 Å². The summed E-state index contributed by atoms with van der Waals surface area (Å²) in [7, 11) is 3.93. The fourth-order valence-corrected chi connectivity index (χ4v) is 2.61. The molecule has 0 unspecified atom stereocenters. The van der Waals surface area contributed by atoms with Gasteiger partial charge in [-0.1, -0.05) is 30.4 Å². The topological polar surface area (TPSA) is 75.0 Å². The van der Waals surface area contributed by atoms with E-state index in [2.05, 4.69) is 10.2 Å². The van der Waals surface area contributed by atoms with Gasteiger partial charge in [0.25, 0.3) is 5.56 Å². The third-order valence-corrected chi connectivity index (χ3v) is 3.74. The number of allylic oxidation sites excluding steroid dienone is 4. The number of nitrogens with one attached hydrogen (secondary N) is 1. The molecule has 1 aromatic heterocycles. The van der Waals surface area contributed by atoms with Gasteiger partial charge in [0.1, 0.15) is 0 Å². The molecular formula is C17H18N4O. The second-order valence-corrected chi connectivity index (χ2v) is 5.45. The molecule has 0 aliphatic heterocycles. The second-order valence-electron chi connectivity index (χ2n) is 5.45. The Bertz CT molecular complexity index is 872. The number of aromatic nitrogens is 2. The number of hydrogen-bond donors (Lipinski definition) is 2. The quantitative estimate of drug-likeness (QED) is 0.888. The van der Waals surface area contributed by atoms with Gasteiger partial charge >= 0.3 is 0 Å². The van der Waals surface area contributed by atoms with E-state index >= 15 is 0 Å². The van der Waals surface area contributed by atoms with Gasteiger partial charge < -0.3 is 10.6 Å². The zero-order valence-electron chi connectivity index (χ0n) is 12.6. The van der Waals surface area contributed by atoms with Crippen molar-refractivity contribution in [2.24, 2.45) is 5.73 Å². The predicted molar refractivity (Wildman–Crippen MR) is 89.0 cm³/mol. The van der Waals surface area contributed by atoms with Gasteiger partial charge in [-0.25, -0.2) is 5.10 Å². The summed E-state index contributed by atoms with van der Waals surface area (Å²) in [4.78, 5) is 13.9. The maximum atomic E-state index is 11.9. The molecule has 5 nitrogen and oxygen atoms in total. The van der Waals surface area contributed by atoms with Crippen LogP contribution in [0.5, 0.6) is 0 Å². The highest BCUT2D eigenvalue weighted by Gasteiger charge is 2.12. The zero-order valence-corrected chi connectivity index (χ0v) is 12.6. The number of aromatic amines is 1. The predicted octanol–water partition coefficient (Wildman–Crippen LogP) is 2.00. The van der Waals surface area contributed by atoms with Crippen LogP contribution >= 0.6 is 0 Å². The molecule has 0 saturated carbocycles. The molecule has 0 saturated heterocycles. The Morgan fingerprint density at radius 3 is 2.64 bits per heavy atom. The maximum Gasteiger partial charge on any atom is 0.272 e. The smallest absolute Gasteiger partial charge is 0.272 e. The van der Waals surface area contributed by atoms with Gasteiger partial charge in [0.15, 0.2) is 0 Å². The molecule has 1 aliphatic rings. The van der Waals surface area contributed by atoms with Crippen molar-refractivity contribution in [3.05, 3.63) is 69.9 Å². The maximum absolute atomic E-state index is 11.9. The molecule has 0 spiro atoms. The summed E-state index contributed by atoms with van der Waals surface area (Å²) in [6.45, 7) is 0. The summed E-state index contributed by atoms with van der Waals surface area (Å²) in [6.07, 6.45) is 6.65. The Labute approximate surface area is 128 Å². The van der Waals surface area contributed by atoms with Crippen molar-refractivity contribution >= 4 is 16.3 Å². The minimum absolute atomic E-state index is 0.177. The zero-order chi connectivity index (χ0) is 15.7. The van der Waals surface area contributed by atoms with Crippen LogP contribution in [0.4, 0.5) is 0 Å². The Morgan fingerprint density at radius 2 is 1.91 bits per heavy atom. The minimum atomic E-state index is -0.177. The van der Waals surface area contributed by atoms with E-state index < -0.39 is 0 Å². The van der Waals surface area contributed by atoms with Crippen LogP contribution in [-0.4, -0.2) is 29.2 Å². The van der Waals surface area contributed by atoms with E-state index in [1.165, 1.54) is 0 Å². The van der Waals surface area contributed by atoms with Gasteiger partial charge in [0, 0.05) is 31.6 Å². The lowest BCUT2D eigenvalue weighted by molar-refractivity contribution is 0.521. The Morgan fingerprint density at radius 1 is 1.18 bits per heavy atom. The third-order valence-electron chi connectivity index (χ3n) is 3.74. The number of benzene rings is 1. The molecule has 0 amide bonds. The summed E-state index contributed by atoms with van der Waals surface area (Å²) < 4.78 is 0. The summed E-state index contributed by atoms with van der Waals surface area (Å²) >= 11 is 0. The Balaban J connectivity index is 2.13.